The Balaban J connectivity index is 1.70. The van der Waals surface area contributed by atoms with Gasteiger partial charge in [0.05, 0.1) is 6.54 Å². The van der Waals surface area contributed by atoms with E-state index >= 15 is 0 Å². The number of piperidine rings is 1. The summed E-state index contributed by atoms with van der Waals surface area (Å²) in [7, 11) is 0. The van der Waals surface area contributed by atoms with E-state index in [1.807, 2.05) is 0 Å². The molecule has 1 aliphatic heterocycles. The minimum atomic E-state index is 0.192. The molecule has 0 aromatic heterocycles. The topological polar surface area (TPSA) is 58.4 Å². The molecule has 4 heteroatoms. The summed E-state index contributed by atoms with van der Waals surface area (Å²) in [4.78, 5) is 14.4. The lowest BCUT2D eigenvalue weighted by Gasteiger charge is -2.30. The Morgan fingerprint density at radius 1 is 1.15 bits per heavy atom. The molecule has 116 valence electrons. The monoisotopic (exact) mass is 281 g/mol. The molecule has 0 radical (unpaired) electrons. The SMILES string of the molecule is C[C@@H](NC(=O)CN1CCC(N)CC1)C1CCCCCC1. The van der Waals surface area contributed by atoms with Crippen LogP contribution >= 0.6 is 0 Å². The van der Waals surface area contributed by atoms with Crippen LogP contribution in [0.4, 0.5) is 0 Å². The van der Waals surface area contributed by atoms with Gasteiger partial charge in [0, 0.05) is 25.2 Å². The van der Waals surface area contributed by atoms with Crippen LogP contribution in [0.3, 0.4) is 0 Å². The standard InChI is InChI=1S/C16H31N3O/c1-13(14-6-4-2-3-5-7-14)18-16(20)12-19-10-8-15(17)9-11-19/h13-15H,2-12,17H2,1H3,(H,18,20)/t13-/m1/s1. The second-order valence-electron chi connectivity index (χ2n) is 6.72. The Hall–Kier alpha value is -0.610. The zero-order chi connectivity index (χ0) is 14.4. The van der Waals surface area contributed by atoms with Crippen LogP contribution in [0.15, 0.2) is 0 Å². The summed E-state index contributed by atoms with van der Waals surface area (Å²) in [5, 5.41) is 3.22. The Bertz CT molecular complexity index is 292. The molecule has 1 amide bonds. The predicted octanol–water partition coefficient (Wildman–Crippen LogP) is 1.88. The highest BCUT2D eigenvalue weighted by atomic mass is 16.2. The van der Waals surface area contributed by atoms with E-state index in [-0.39, 0.29) is 5.91 Å². The van der Waals surface area contributed by atoms with Gasteiger partial charge < -0.3 is 11.1 Å². The van der Waals surface area contributed by atoms with E-state index in [9.17, 15) is 4.79 Å². The van der Waals surface area contributed by atoms with Gasteiger partial charge in [-0.3, -0.25) is 9.69 Å². The lowest BCUT2D eigenvalue weighted by atomic mass is 9.93. The summed E-state index contributed by atoms with van der Waals surface area (Å²) < 4.78 is 0. The molecule has 20 heavy (non-hydrogen) atoms. The fourth-order valence-electron chi connectivity index (χ4n) is 3.54. The number of rotatable bonds is 4. The van der Waals surface area contributed by atoms with Crippen molar-refractivity contribution in [2.24, 2.45) is 11.7 Å². The van der Waals surface area contributed by atoms with Crippen LogP contribution in [0.2, 0.25) is 0 Å². The fraction of sp³-hybridized carbons (Fsp3) is 0.938. The number of carbonyl (C=O) groups is 1. The highest BCUT2D eigenvalue weighted by Gasteiger charge is 2.22. The Morgan fingerprint density at radius 3 is 2.35 bits per heavy atom. The molecule has 0 aromatic rings. The van der Waals surface area contributed by atoms with Crippen LogP contribution in [0.5, 0.6) is 0 Å². The van der Waals surface area contributed by atoms with E-state index in [4.69, 9.17) is 5.73 Å². The molecule has 0 bridgehead atoms. The zero-order valence-electron chi connectivity index (χ0n) is 12.9. The molecule has 0 spiro atoms. The summed E-state index contributed by atoms with van der Waals surface area (Å²) in [6.45, 7) is 4.66. The molecule has 1 saturated carbocycles. The lowest BCUT2D eigenvalue weighted by Crippen LogP contribution is -2.47. The number of nitrogens with zero attached hydrogens (tertiary/aromatic N) is 1. The first kappa shape index (κ1) is 15.8. The quantitative estimate of drug-likeness (QED) is 0.774. The number of hydrogen-bond donors (Lipinski definition) is 2. The summed E-state index contributed by atoms with van der Waals surface area (Å²) in [5.41, 5.74) is 5.89. The van der Waals surface area contributed by atoms with Crippen LogP contribution in [0.1, 0.15) is 58.3 Å². The molecule has 1 saturated heterocycles. The number of carbonyl (C=O) groups excluding carboxylic acids is 1. The molecule has 4 nitrogen and oxygen atoms in total. The largest absolute Gasteiger partial charge is 0.352 e. The van der Waals surface area contributed by atoms with Crippen molar-refractivity contribution in [2.75, 3.05) is 19.6 Å². The summed E-state index contributed by atoms with van der Waals surface area (Å²) >= 11 is 0. The van der Waals surface area contributed by atoms with Crippen molar-refractivity contribution in [3.05, 3.63) is 0 Å². The molecule has 1 aliphatic carbocycles. The van der Waals surface area contributed by atoms with Gasteiger partial charge in [-0.2, -0.15) is 0 Å². The average molecular weight is 281 g/mol. The summed E-state index contributed by atoms with van der Waals surface area (Å²) in [6, 6.07) is 0.659. The molecule has 1 heterocycles. The number of nitrogens with one attached hydrogen (secondary N) is 1. The van der Waals surface area contributed by atoms with E-state index in [0.29, 0.717) is 24.5 Å². The number of hydrogen-bond acceptors (Lipinski definition) is 3. The van der Waals surface area contributed by atoms with Crippen molar-refractivity contribution < 1.29 is 4.79 Å². The second kappa shape index (κ2) is 7.99. The van der Waals surface area contributed by atoms with Gasteiger partial charge in [-0.25, -0.2) is 0 Å². The molecule has 3 N–H and O–H groups in total. The third-order valence-corrected chi connectivity index (χ3v) is 5.00. The molecule has 2 aliphatic rings. The molecular formula is C16H31N3O. The van der Waals surface area contributed by atoms with E-state index in [1.54, 1.807) is 0 Å². The van der Waals surface area contributed by atoms with Crippen molar-refractivity contribution in [1.29, 1.82) is 0 Å². The van der Waals surface area contributed by atoms with Gasteiger partial charge >= 0.3 is 0 Å². The van der Waals surface area contributed by atoms with E-state index in [2.05, 4.69) is 17.1 Å². The van der Waals surface area contributed by atoms with E-state index < -0.39 is 0 Å². The fourth-order valence-corrected chi connectivity index (χ4v) is 3.54. The molecular weight excluding hydrogens is 250 g/mol. The predicted molar refractivity (Wildman–Crippen MR) is 82.4 cm³/mol. The first-order valence-electron chi connectivity index (χ1n) is 8.42. The number of likely N-dealkylation sites (tertiary alicyclic amines) is 1. The third kappa shape index (κ3) is 5.06. The van der Waals surface area contributed by atoms with Crippen LogP contribution in [0.25, 0.3) is 0 Å². The maximum absolute atomic E-state index is 12.1. The van der Waals surface area contributed by atoms with Crippen LogP contribution < -0.4 is 11.1 Å². The van der Waals surface area contributed by atoms with Crippen LogP contribution in [0, 0.1) is 5.92 Å². The first-order valence-corrected chi connectivity index (χ1v) is 8.42. The normalized spacial score (nSPS) is 25.1. The number of amides is 1. The highest BCUT2D eigenvalue weighted by Crippen LogP contribution is 2.25. The highest BCUT2D eigenvalue weighted by molar-refractivity contribution is 5.78. The van der Waals surface area contributed by atoms with E-state index in [0.717, 1.165) is 25.9 Å². The maximum atomic E-state index is 12.1. The molecule has 1 atom stereocenters. The van der Waals surface area contributed by atoms with Gasteiger partial charge in [-0.15, -0.1) is 0 Å². The van der Waals surface area contributed by atoms with Crippen molar-refractivity contribution >= 4 is 5.91 Å². The lowest BCUT2D eigenvalue weighted by molar-refractivity contribution is -0.123. The third-order valence-electron chi connectivity index (χ3n) is 5.00. The average Bonchev–Trinajstić information content (AvgIpc) is 2.70. The molecule has 0 aromatic carbocycles. The van der Waals surface area contributed by atoms with Crippen LogP contribution in [-0.4, -0.2) is 42.5 Å². The van der Waals surface area contributed by atoms with Gasteiger partial charge in [0.2, 0.25) is 5.91 Å². The molecule has 0 unspecified atom stereocenters. The van der Waals surface area contributed by atoms with Crippen molar-refractivity contribution in [2.45, 2.75) is 70.4 Å². The first-order chi connectivity index (χ1) is 9.65. The van der Waals surface area contributed by atoms with Crippen molar-refractivity contribution in [3.8, 4) is 0 Å². The van der Waals surface area contributed by atoms with Crippen LogP contribution in [-0.2, 0) is 4.79 Å². The van der Waals surface area contributed by atoms with Crippen molar-refractivity contribution in [1.82, 2.24) is 10.2 Å². The molecule has 2 fully saturated rings. The van der Waals surface area contributed by atoms with Gasteiger partial charge in [-0.1, -0.05) is 25.7 Å². The zero-order valence-corrected chi connectivity index (χ0v) is 12.9. The van der Waals surface area contributed by atoms with Gasteiger partial charge in [0.1, 0.15) is 0 Å². The Kier molecular flexibility index (Phi) is 6.30. The van der Waals surface area contributed by atoms with E-state index in [1.165, 1.54) is 38.5 Å². The maximum Gasteiger partial charge on any atom is 0.234 e. The summed E-state index contributed by atoms with van der Waals surface area (Å²) in [6.07, 6.45) is 9.98. The van der Waals surface area contributed by atoms with Gasteiger partial charge in [0.15, 0.2) is 0 Å². The minimum Gasteiger partial charge on any atom is -0.352 e. The van der Waals surface area contributed by atoms with Gasteiger partial charge in [-0.05, 0) is 38.5 Å². The minimum absolute atomic E-state index is 0.192. The Morgan fingerprint density at radius 2 is 1.75 bits per heavy atom. The van der Waals surface area contributed by atoms with Gasteiger partial charge in [0.25, 0.3) is 0 Å². The number of nitrogens with two attached hydrogens (primary N) is 1. The Labute approximate surface area is 123 Å². The second-order valence-corrected chi connectivity index (χ2v) is 6.72. The smallest absolute Gasteiger partial charge is 0.234 e. The van der Waals surface area contributed by atoms with Crippen molar-refractivity contribution in [3.63, 3.8) is 0 Å². The molecule has 2 rings (SSSR count). The summed E-state index contributed by atoms with van der Waals surface area (Å²) in [5.74, 6) is 0.869.